The molecule has 104 valence electrons. The van der Waals surface area contributed by atoms with Gasteiger partial charge < -0.3 is 15.2 Å². The van der Waals surface area contributed by atoms with Crippen molar-refractivity contribution in [2.45, 2.75) is 20.0 Å². The predicted molar refractivity (Wildman–Crippen MR) is 80.3 cm³/mol. The highest BCUT2D eigenvalue weighted by Crippen LogP contribution is 2.42. The van der Waals surface area contributed by atoms with E-state index in [0.29, 0.717) is 13.2 Å². The van der Waals surface area contributed by atoms with Gasteiger partial charge in [0.25, 0.3) is 0 Å². The van der Waals surface area contributed by atoms with Crippen LogP contribution in [0, 0.1) is 13.8 Å². The lowest BCUT2D eigenvalue weighted by Crippen LogP contribution is -2.35. The van der Waals surface area contributed by atoms with Crippen LogP contribution in [0.1, 0.15) is 11.1 Å². The molecule has 3 rings (SSSR count). The van der Waals surface area contributed by atoms with Crippen molar-refractivity contribution in [2.24, 2.45) is 5.73 Å². The molecule has 3 nitrogen and oxygen atoms in total. The summed E-state index contributed by atoms with van der Waals surface area (Å²) in [5, 5.41) is 0. The molecule has 0 saturated carbocycles. The molecule has 1 atom stereocenters. The van der Waals surface area contributed by atoms with Gasteiger partial charge in [-0.2, -0.15) is 0 Å². The van der Waals surface area contributed by atoms with Gasteiger partial charge in [0.15, 0.2) is 11.5 Å². The van der Waals surface area contributed by atoms with Crippen LogP contribution in [0.5, 0.6) is 11.5 Å². The van der Waals surface area contributed by atoms with E-state index in [-0.39, 0.29) is 6.10 Å². The number of nitrogens with two attached hydrogens (primary N) is 1. The molecular formula is C17H19NO2. The molecule has 0 fully saturated rings. The minimum atomic E-state index is -0.0752. The molecule has 2 aromatic carbocycles. The Morgan fingerprint density at radius 3 is 2.80 bits per heavy atom. The lowest BCUT2D eigenvalue weighted by atomic mass is 9.97. The van der Waals surface area contributed by atoms with Crippen LogP contribution in [0.2, 0.25) is 0 Å². The summed E-state index contributed by atoms with van der Waals surface area (Å²) in [6, 6.07) is 12.4. The Bertz CT molecular complexity index is 637. The summed E-state index contributed by atoms with van der Waals surface area (Å²) in [5.41, 5.74) is 10.4. The average molecular weight is 269 g/mol. The number of benzene rings is 2. The molecule has 1 unspecified atom stereocenters. The Labute approximate surface area is 119 Å². The second kappa shape index (κ2) is 5.17. The van der Waals surface area contributed by atoms with E-state index >= 15 is 0 Å². The Morgan fingerprint density at radius 1 is 1.15 bits per heavy atom. The highest BCUT2D eigenvalue weighted by molar-refractivity contribution is 5.76. The zero-order chi connectivity index (χ0) is 14.1. The fourth-order valence-electron chi connectivity index (χ4n) is 2.49. The summed E-state index contributed by atoms with van der Waals surface area (Å²) in [7, 11) is 0. The van der Waals surface area contributed by atoms with Crippen LogP contribution in [0.3, 0.4) is 0 Å². The highest BCUT2D eigenvalue weighted by Gasteiger charge is 2.23. The van der Waals surface area contributed by atoms with Gasteiger partial charge in [-0.3, -0.25) is 0 Å². The van der Waals surface area contributed by atoms with E-state index in [9.17, 15) is 0 Å². The van der Waals surface area contributed by atoms with E-state index in [4.69, 9.17) is 15.2 Å². The van der Waals surface area contributed by atoms with E-state index in [2.05, 4.69) is 38.1 Å². The summed E-state index contributed by atoms with van der Waals surface area (Å²) < 4.78 is 11.8. The minimum Gasteiger partial charge on any atom is -0.486 e. The first-order valence-corrected chi connectivity index (χ1v) is 6.89. The number of para-hydroxylation sites is 1. The Kier molecular flexibility index (Phi) is 3.36. The van der Waals surface area contributed by atoms with Crippen molar-refractivity contribution in [3.05, 3.63) is 47.5 Å². The molecule has 0 spiro atoms. The Hall–Kier alpha value is -2.00. The zero-order valence-electron chi connectivity index (χ0n) is 11.8. The molecule has 0 amide bonds. The van der Waals surface area contributed by atoms with E-state index in [1.807, 2.05) is 12.1 Å². The SMILES string of the molecule is Cc1ccc(C)c(-c2cccc3c2OC(CN)CO3)c1. The fourth-order valence-corrected chi connectivity index (χ4v) is 2.49. The van der Waals surface area contributed by atoms with Crippen molar-refractivity contribution in [1.82, 2.24) is 0 Å². The number of aryl methyl sites for hydroxylation is 2. The van der Waals surface area contributed by atoms with Gasteiger partial charge in [0, 0.05) is 12.1 Å². The van der Waals surface area contributed by atoms with Crippen molar-refractivity contribution < 1.29 is 9.47 Å². The monoisotopic (exact) mass is 269 g/mol. The molecule has 20 heavy (non-hydrogen) atoms. The standard InChI is InChI=1S/C17H19NO2/c1-11-6-7-12(2)15(8-11)14-4-3-5-16-17(14)20-13(9-18)10-19-16/h3-8,13H,9-10,18H2,1-2H3. The average Bonchev–Trinajstić information content (AvgIpc) is 2.48. The van der Waals surface area contributed by atoms with Crippen LogP contribution in [-0.4, -0.2) is 19.3 Å². The van der Waals surface area contributed by atoms with E-state index in [0.717, 1.165) is 17.1 Å². The minimum absolute atomic E-state index is 0.0752. The van der Waals surface area contributed by atoms with Gasteiger partial charge in [0.05, 0.1) is 0 Å². The van der Waals surface area contributed by atoms with Crippen LogP contribution in [-0.2, 0) is 0 Å². The maximum absolute atomic E-state index is 6.01. The maximum Gasteiger partial charge on any atom is 0.169 e. The molecule has 1 aliphatic heterocycles. The summed E-state index contributed by atoms with van der Waals surface area (Å²) in [5.74, 6) is 1.61. The number of ether oxygens (including phenoxy) is 2. The molecule has 0 bridgehead atoms. The van der Waals surface area contributed by atoms with Gasteiger partial charge in [-0.05, 0) is 31.0 Å². The predicted octanol–water partition coefficient (Wildman–Crippen LogP) is 3.07. The van der Waals surface area contributed by atoms with Gasteiger partial charge in [-0.15, -0.1) is 0 Å². The normalized spacial score (nSPS) is 17.1. The van der Waals surface area contributed by atoms with Crippen LogP contribution in [0.4, 0.5) is 0 Å². The molecule has 0 aliphatic carbocycles. The van der Waals surface area contributed by atoms with Crippen molar-refractivity contribution >= 4 is 0 Å². The van der Waals surface area contributed by atoms with Crippen molar-refractivity contribution in [3.63, 3.8) is 0 Å². The Balaban J connectivity index is 2.13. The lowest BCUT2D eigenvalue weighted by molar-refractivity contribution is 0.0976. The summed E-state index contributed by atoms with van der Waals surface area (Å²) in [6.07, 6.45) is -0.0752. The second-order valence-electron chi connectivity index (χ2n) is 5.24. The van der Waals surface area contributed by atoms with Gasteiger partial charge in [-0.25, -0.2) is 0 Å². The first-order valence-electron chi connectivity index (χ1n) is 6.89. The summed E-state index contributed by atoms with van der Waals surface area (Å²) >= 11 is 0. The largest absolute Gasteiger partial charge is 0.486 e. The lowest BCUT2D eigenvalue weighted by Gasteiger charge is -2.27. The van der Waals surface area contributed by atoms with Crippen LogP contribution in [0.15, 0.2) is 36.4 Å². The molecule has 1 heterocycles. The third-order valence-electron chi connectivity index (χ3n) is 3.63. The smallest absolute Gasteiger partial charge is 0.169 e. The van der Waals surface area contributed by atoms with Crippen LogP contribution in [0.25, 0.3) is 11.1 Å². The molecule has 0 aromatic heterocycles. The van der Waals surface area contributed by atoms with E-state index < -0.39 is 0 Å². The quantitative estimate of drug-likeness (QED) is 0.911. The molecule has 0 saturated heterocycles. The van der Waals surface area contributed by atoms with E-state index in [1.54, 1.807) is 0 Å². The zero-order valence-corrected chi connectivity index (χ0v) is 11.8. The highest BCUT2D eigenvalue weighted by atomic mass is 16.6. The van der Waals surface area contributed by atoms with Gasteiger partial charge >= 0.3 is 0 Å². The van der Waals surface area contributed by atoms with Gasteiger partial charge in [-0.1, -0.05) is 35.9 Å². The summed E-state index contributed by atoms with van der Waals surface area (Å²) in [6.45, 7) is 5.18. The molecule has 2 aromatic rings. The molecular weight excluding hydrogens is 250 g/mol. The molecule has 1 aliphatic rings. The maximum atomic E-state index is 6.01. The second-order valence-corrected chi connectivity index (χ2v) is 5.24. The fraction of sp³-hybridized carbons (Fsp3) is 0.294. The molecule has 3 heteroatoms. The van der Waals surface area contributed by atoms with E-state index in [1.165, 1.54) is 16.7 Å². The van der Waals surface area contributed by atoms with Crippen molar-refractivity contribution in [2.75, 3.05) is 13.2 Å². The number of hydrogen-bond donors (Lipinski definition) is 1. The van der Waals surface area contributed by atoms with Crippen molar-refractivity contribution in [1.29, 1.82) is 0 Å². The number of hydrogen-bond acceptors (Lipinski definition) is 3. The van der Waals surface area contributed by atoms with Gasteiger partial charge in [0.2, 0.25) is 0 Å². The Morgan fingerprint density at radius 2 is 2.00 bits per heavy atom. The van der Waals surface area contributed by atoms with Crippen LogP contribution >= 0.6 is 0 Å². The summed E-state index contributed by atoms with van der Waals surface area (Å²) in [4.78, 5) is 0. The molecule has 0 radical (unpaired) electrons. The molecule has 2 N–H and O–H groups in total. The third-order valence-corrected chi connectivity index (χ3v) is 3.63. The number of rotatable bonds is 2. The first-order chi connectivity index (χ1) is 9.69. The van der Waals surface area contributed by atoms with Gasteiger partial charge in [0.1, 0.15) is 12.7 Å². The first kappa shape index (κ1) is 13.0. The number of fused-ring (bicyclic) bond motifs is 1. The topological polar surface area (TPSA) is 44.5 Å². The van der Waals surface area contributed by atoms with Crippen molar-refractivity contribution in [3.8, 4) is 22.6 Å². The van der Waals surface area contributed by atoms with Crippen LogP contribution < -0.4 is 15.2 Å². The third kappa shape index (κ3) is 2.25.